The van der Waals surface area contributed by atoms with Crippen LogP contribution in [0.15, 0.2) is 0 Å². The van der Waals surface area contributed by atoms with Crippen LogP contribution in [0.5, 0.6) is 0 Å². The topological polar surface area (TPSA) is 0 Å². The zero-order valence-electron chi connectivity index (χ0n) is 10.6. The van der Waals surface area contributed by atoms with Gasteiger partial charge in [-0.3, -0.25) is 0 Å². The van der Waals surface area contributed by atoms with Crippen molar-refractivity contribution in [1.82, 2.24) is 0 Å². The Morgan fingerprint density at radius 1 is 1.14 bits per heavy atom. The Bertz CT molecular complexity index is 180. The summed E-state index contributed by atoms with van der Waals surface area (Å²) in [6, 6.07) is 0. The molecule has 0 aromatic heterocycles. The normalized spacial score (nSPS) is 39.0. The van der Waals surface area contributed by atoms with E-state index in [0.717, 1.165) is 22.3 Å². The summed E-state index contributed by atoms with van der Waals surface area (Å²) in [6.07, 6.45) is 2.73. The molecule has 1 fully saturated rings. The van der Waals surface area contributed by atoms with Gasteiger partial charge in [-0.05, 0) is 23.7 Å². The van der Waals surface area contributed by atoms with Crippen molar-refractivity contribution in [3.05, 3.63) is 0 Å². The van der Waals surface area contributed by atoms with E-state index in [4.69, 9.17) is 0 Å². The van der Waals surface area contributed by atoms with Crippen molar-refractivity contribution in [2.75, 3.05) is 0 Å². The van der Waals surface area contributed by atoms with Crippen molar-refractivity contribution in [2.45, 2.75) is 64.9 Å². The fourth-order valence-electron chi connectivity index (χ4n) is 2.75. The van der Waals surface area contributed by atoms with Gasteiger partial charge in [0.1, 0.15) is 0 Å². The first-order valence-corrected chi connectivity index (χ1v) is 6.95. The maximum absolute atomic E-state index is 2.46. The van der Waals surface area contributed by atoms with Crippen LogP contribution in [-0.4, -0.2) is 10.5 Å². The zero-order valence-corrected chi connectivity index (χ0v) is 11.4. The Morgan fingerprint density at radius 3 is 2.07 bits per heavy atom. The maximum atomic E-state index is 2.46. The summed E-state index contributed by atoms with van der Waals surface area (Å²) < 4.78 is 0. The molecule has 14 heavy (non-hydrogen) atoms. The third kappa shape index (κ3) is 2.92. The number of thioether (sulfide) groups is 1. The first kappa shape index (κ1) is 12.4. The molecule has 0 bridgehead atoms. The molecule has 4 atom stereocenters. The molecule has 1 rings (SSSR count). The van der Waals surface area contributed by atoms with Gasteiger partial charge in [0, 0.05) is 10.5 Å². The Kier molecular flexibility index (Phi) is 3.96. The van der Waals surface area contributed by atoms with Crippen LogP contribution in [-0.2, 0) is 0 Å². The van der Waals surface area contributed by atoms with Crippen molar-refractivity contribution in [3.8, 4) is 0 Å². The molecule has 0 aliphatic carbocycles. The average Bonchev–Trinajstić information content (AvgIpc) is 2.24. The van der Waals surface area contributed by atoms with Gasteiger partial charge in [-0.2, -0.15) is 11.8 Å². The van der Waals surface area contributed by atoms with E-state index >= 15 is 0 Å². The fraction of sp³-hybridized carbons (Fsp3) is 1.00. The lowest BCUT2D eigenvalue weighted by Crippen LogP contribution is -2.21. The Labute approximate surface area is 94.2 Å². The molecular weight excluding hydrogens is 188 g/mol. The average molecular weight is 214 g/mol. The van der Waals surface area contributed by atoms with Crippen LogP contribution >= 0.6 is 11.8 Å². The van der Waals surface area contributed by atoms with Crippen LogP contribution in [0.4, 0.5) is 0 Å². The lowest BCUT2D eigenvalue weighted by atomic mass is 9.81. The van der Waals surface area contributed by atoms with Gasteiger partial charge in [-0.25, -0.2) is 0 Å². The predicted molar refractivity (Wildman–Crippen MR) is 67.9 cm³/mol. The predicted octanol–water partition coefficient (Wildman–Crippen LogP) is 4.59. The van der Waals surface area contributed by atoms with Gasteiger partial charge < -0.3 is 0 Å². The lowest BCUT2D eigenvalue weighted by Gasteiger charge is -2.26. The van der Waals surface area contributed by atoms with Gasteiger partial charge in [0.25, 0.3) is 0 Å². The summed E-state index contributed by atoms with van der Waals surface area (Å²) in [5, 5.41) is 1.78. The zero-order chi connectivity index (χ0) is 10.9. The minimum atomic E-state index is 0.494. The summed E-state index contributed by atoms with van der Waals surface area (Å²) >= 11 is 2.23. The van der Waals surface area contributed by atoms with Gasteiger partial charge in [-0.1, -0.05) is 48.0 Å². The van der Waals surface area contributed by atoms with E-state index in [1.165, 1.54) is 12.8 Å². The molecule has 1 saturated heterocycles. The van der Waals surface area contributed by atoms with Crippen LogP contribution in [0, 0.1) is 17.3 Å². The van der Waals surface area contributed by atoms with Gasteiger partial charge >= 0.3 is 0 Å². The van der Waals surface area contributed by atoms with E-state index in [1.54, 1.807) is 0 Å². The van der Waals surface area contributed by atoms with E-state index in [-0.39, 0.29) is 0 Å². The lowest BCUT2D eigenvalue weighted by molar-refractivity contribution is 0.295. The molecular formula is C13H26S. The van der Waals surface area contributed by atoms with Gasteiger partial charge in [0.2, 0.25) is 0 Å². The molecule has 1 heterocycles. The highest BCUT2D eigenvalue weighted by molar-refractivity contribution is 8.00. The minimum absolute atomic E-state index is 0.494. The second-order valence-corrected chi connectivity index (χ2v) is 7.70. The quantitative estimate of drug-likeness (QED) is 0.648. The van der Waals surface area contributed by atoms with Crippen molar-refractivity contribution >= 4 is 11.8 Å². The molecule has 0 N–H and O–H groups in total. The summed E-state index contributed by atoms with van der Waals surface area (Å²) in [7, 11) is 0. The first-order valence-electron chi connectivity index (χ1n) is 6.00. The molecule has 0 amide bonds. The SMILES string of the molecule is CCC1C(C)SC(CC(C)(C)C)C1C. The Hall–Kier alpha value is 0.350. The molecule has 0 nitrogen and oxygen atoms in total. The van der Waals surface area contributed by atoms with Crippen LogP contribution in [0.3, 0.4) is 0 Å². The van der Waals surface area contributed by atoms with E-state index < -0.39 is 0 Å². The summed E-state index contributed by atoms with van der Waals surface area (Å²) in [6.45, 7) is 14.3. The summed E-state index contributed by atoms with van der Waals surface area (Å²) in [5.74, 6) is 1.87. The molecule has 4 unspecified atom stereocenters. The van der Waals surface area contributed by atoms with E-state index in [9.17, 15) is 0 Å². The van der Waals surface area contributed by atoms with Gasteiger partial charge in [0.05, 0.1) is 0 Å². The second-order valence-electron chi connectivity index (χ2n) is 6.08. The standard InChI is InChI=1S/C13H26S/c1-7-11-9(2)12(14-10(11)3)8-13(4,5)6/h9-12H,7-8H2,1-6H3. The molecule has 84 valence electrons. The van der Waals surface area contributed by atoms with E-state index in [0.29, 0.717) is 5.41 Å². The molecule has 0 aromatic carbocycles. The highest BCUT2D eigenvalue weighted by atomic mass is 32.2. The van der Waals surface area contributed by atoms with Crippen LogP contribution in [0.2, 0.25) is 0 Å². The van der Waals surface area contributed by atoms with E-state index in [1.807, 2.05) is 0 Å². The fourth-order valence-corrected chi connectivity index (χ4v) is 4.98. The molecule has 0 radical (unpaired) electrons. The molecule has 1 aliphatic rings. The molecule has 0 saturated carbocycles. The summed E-state index contributed by atoms with van der Waals surface area (Å²) in [4.78, 5) is 0. The highest BCUT2D eigenvalue weighted by Gasteiger charge is 2.39. The second kappa shape index (κ2) is 4.47. The minimum Gasteiger partial charge on any atom is -0.155 e. The molecule has 1 aliphatic heterocycles. The molecule has 0 spiro atoms. The third-order valence-corrected chi connectivity index (χ3v) is 5.26. The number of hydrogen-bond acceptors (Lipinski definition) is 1. The van der Waals surface area contributed by atoms with Gasteiger partial charge in [-0.15, -0.1) is 0 Å². The smallest absolute Gasteiger partial charge is 0.00834 e. The maximum Gasteiger partial charge on any atom is 0.00834 e. The first-order chi connectivity index (χ1) is 6.35. The van der Waals surface area contributed by atoms with E-state index in [2.05, 4.69) is 53.3 Å². The van der Waals surface area contributed by atoms with Crippen molar-refractivity contribution in [3.63, 3.8) is 0 Å². The molecule has 0 aromatic rings. The molecule has 1 heteroatoms. The Morgan fingerprint density at radius 2 is 1.71 bits per heavy atom. The number of hydrogen-bond donors (Lipinski definition) is 0. The van der Waals surface area contributed by atoms with Crippen LogP contribution in [0.1, 0.15) is 54.4 Å². The largest absolute Gasteiger partial charge is 0.155 e. The Balaban J connectivity index is 2.58. The van der Waals surface area contributed by atoms with Crippen molar-refractivity contribution in [2.24, 2.45) is 17.3 Å². The summed E-state index contributed by atoms with van der Waals surface area (Å²) in [5.41, 5.74) is 0.494. The van der Waals surface area contributed by atoms with Crippen molar-refractivity contribution < 1.29 is 0 Å². The van der Waals surface area contributed by atoms with Crippen molar-refractivity contribution in [1.29, 1.82) is 0 Å². The van der Waals surface area contributed by atoms with Crippen LogP contribution in [0.25, 0.3) is 0 Å². The number of rotatable bonds is 2. The third-order valence-electron chi connectivity index (χ3n) is 3.54. The monoisotopic (exact) mass is 214 g/mol. The highest BCUT2D eigenvalue weighted by Crippen LogP contribution is 2.48. The van der Waals surface area contributed by atoms with Crippen LogP contribution < -0.4 is 0 Å². The van der Waals surface area contributed by atoms with Gasteiger partial charge in [0.15, 0.2) is 0 Å².